The molecule has 2 aromatic carbocycles. The summed E-state index contributed by atoms with van der Waals surface area (Å²) in [7, 11) is -0.417. The Hall–Kier alpha value is -3.43. The molecule has 9 nitrogen and oxygen atoms in total. The van der Waals surface area contributed by atoms with Crippen molar-refractivity contribution in [1.29, 1.82) is 0 Å². The number of carbonyl (C=O) groups is 1. The highest BCUT2D eigenvalue weighted by Gasteiger charge is 2.38. The van der Waals surface area contributed by atoms with Crippen LogP contribution in [0.2, 0.25) is 0 Å². The third kappa shape index (κ3) is 6.88. The molecule has 1 saturated heterocycles. The molecule has 2 unspecified atom stereocenters. The monoisotopic (exact) mass is 610 g/mol. The van der Waals surface area contributed by atoms with E-state index in [-0.39, 0.29) is 41.8 Å². The van der Waals surface area contributed by atoms with Crippen molar-refractivity contribution in [3.63, 3.8) is 0 Å². The summed E-state index contributed by atoms with van der Waals surface area (Å²) in [6, 6.07) is 9.19. The molecule has 2 fully saturated rings. The molecule has 2 aliphatic heterocycles. The van der Waals surface area contributed by atoms with E-state index in [0.29, 0.717) is 53.3 Å². The van der Waals surface area contributed by atoms with Gasteiger partial charge in [-0.3, -0.25) is 4.79 Å². The Morgan fingerprint density at radius 1 is 1.26 bits per heavy atom. The fourth-order valence-corrected chi connectivity index (χ4v) is 5.97. The Morgan fingerprint density at radius 2 is 1.98 bits per heavy atom. The van der Waals surface area contributed by atoms with Gasteiger partial charge in [0.2, 0.25) is 0 Å². The van der Waals surface area contributed by atoms with Crippen LogP contribution in [0.3, 0.4) is 0 Å². The van der Waals surface area contributed by atoms with E-state index in [0.717, 1.165) is 30.6 Å². The number of fused-ring (bicyclic) bond motifs is 1. The molecule has 43 heavy (non-hydrogen) atoms. The molecule has 2 heterocycles. The predicted molar refractivity (Wildman–Crippen MR) is 170 cm³/mol. The molecule has 230 valence electrons. The van der Waals surface area contributed by atoms with Crippen molar-refractivity contribution in [2.24, 2.45) is 0 Å². The fourth-order valence-electron chi connectivity index (χ4n) is 5.60. The second kappa shape index (κ2) is 13.1. The number of nitrogens with zero attached hydrogens (tertiary/aromatic N) is 2. The molecule has 1 aliphatic carbocycles. The molecule has 1 amide bonds. The zero-order chi connectivity index (χ0) is 30.8. The number of allylic oxidation sites excluding steroid dienone is 1. The summed E-state index contributed by atoms with van der Waals surface area (Å²) in [5.41, 5.74) is 4.32. The van der Waals surface area contributed by atoms with E-state index >= 15 is 4.39 Å². The lowest BCUT2D eigenvalue weighted by molar-refractivity contribution is -0.119. The van der Waals surface area contributed by atoms with Crippen molar-refractivity contribution >= 4 is 36.9 Å². The van der Waals surface area contributed by atoms with E-state index in [1.54, 1.807) is 26.2 Å². The van der Waals surface area contributed by atoms with Crippen molar-refractivity contribution in [3.8, 4) is 5.75 Å². The Kier molecular flexibility index (Phi) is 9.42. The van der Waals surface area contributed by atoms with Gasteiger partial charge >= 0.3 is 0 Å². The lowest BCUT2D eigenvalue weighted by atomic mass is 9.92. The van der Waals surface area contributed by atoms with Gasteiger partial charge in [-0.05, 0) is 55.5 Å². The lowest BCUT2D eigenvalue weighted by Gasteiger charge is -2.38. The average Bonchev–Trinajstić information content (AvgIpc) is 3.82. The van der Waals surface area contributed by atoms with Gasteiger partial charge in [-0.15, -0.1) is 0 Å². The molecule has 2 aromatic rings. The van der Waals surface area contributed by atoms with Gasteiger partial charge < -0.3 is 39.7 Å². The number of amides is 1. The first kappa shape index (κ1) is 31.0. The standard InChI is InChI=1S/C32H40FN4O5P/c1-19-16-36(13-12-34-19)31-28(33)15-26-21(3)27(17-37(25-10-11-25)30(26)32(31)41-5)22(4)42-18-29(38)35-24-8-6-23(7-9-24)14-20(2)43(39)40/h6-9,15,17,19-20,25,34,39-40H,3-4,10-14,16,18H2,1-2,5H3,(H,35,38). The maximum Gasteiger partial charge on any atom is 0.262 e. The summed E-state index contributed by atoms with van der Waals surface area (Å²) >= 11 is 0. The maximum absolute atomic E-state index is 15.8. The quantitative estimate of drug-likeness (QED) is 0.210. The Labute approximate surface area is 253 Å². The molecular formula is C32H40FN4O5P. The van der Waals surface area contributed by atoms with Crippen LogP contribution in [0.5, 0.6) is 5.75 Å². The molecule has 0 aromatic heterocycles. The van der Waals surface area contributed by atoms with Crippen LogP contribution < -0.4 is 25.2 Å². The molecule has 3 aliphatic rings. The molecule has 0 spiro atoms. The second-order valence-electron chi connectivity index (χ2n) is 11.4. The molecular weight excluding hydrogens is 570 g/mol. The number of benzene rings is 2. The molecule has 0 radical (unpaired) electrons. The SMILES string of the molecule is C=C(OCC(=O)Nc1ccc(CC(C)P(O)O)cc1)C1=CN(C2CC2)c2c(cc(F)c(N3CCNC(C)C3)c2OC)C1=C. The third-order valence-corrected chi connectivity index (χ3v) is 9.00. The number of hydrogen-bond acceptors (Lipinski definition) is 8. The molecule has 5 rings (SSSR count). The van der Waals surface area contributed by atoms with Gasteiger partial charge in [0.1, 0.15) is 11.4 Å². The van der Waals surface area contributed by atoms with Crippen LogP contribution in [0.25, 0.3) is 5.57 Å². The number of rotatable bonds is 11. The summed E-state index contributed by atoms with van der Waals surface area (Å²) in [5, 5.41) is 6.21. The molecule has 1 saturated carbocycles. The van der Waals surface area contributed by atoms with Gasteiger partial charge in [0.25, 0.3) is 5.91 Å². The van der Waals surface area contributed by atoms with Gasteiger partial charge in [-0.25, -0.2) is 4.39 Å². The summed E-state index contributed by atoms with van der Waals surface area (Å²) in [4.78, 5) is 35.6. The van der Waals surface area contributed by atoms with Crippen LogP contribution in [0, 0.1) is 5.82 Å². The van der Waals surface area contributed by atoms with E-state index in [4.69, 9.17) is 9.47 Å². The smallest absolute Gasteiger partial charge is 0.262 e. The summed E-state index contributed by atoms with van der Waals surface area (Å²) in [6.07, 6.45) is 4.44. The molecule has 0 bridgehead atoms. The van der Waals surface area contributed by atoms with Gasteiger partial charge in [0.05, 0.1) is 12.8 Å². The highest BCUT2D eigenvalue weighted by atomic mass is 31.2. The lowest BCUT2D eigenvalue weighted by Crippen LogP contribution is -2.49. The van der Waals surface area contributed by atoms with Gasteiger partial charge in [0, 0.05) is 60.4 Å². The van der Waals surface area contributed by atoms with Crippen LogP contribution in [-0.2, 0) is 16.0 Å². The maximum atomic E-state index is 15.8. The molecule has 4 N–H and O–H groups in total. The highest BCUT2D eigenvalue weighted by molar-refractivity contribution is 7.45. The van der Waals surface area contributed by atoms with E-state index in [2.05, 4.69) is 35.6 Å². The van der Waals surface area contributed by atoms with Crippen molar-refractivity contribution in [2.75, 3.05) is 48.5 Å². The van der Waals surface area contributed by atoms with Crippen molar-refractivity contribution in [3.05, 3.63) is 78.0 Å². The second-order valence-corrected chi connectivity index (χ2v) is 13.0. The predicted octanol–water partition coefficient (Wildman–Crippen LogP) is 4.91. The van der Waals surface area contributed by atoms with Gasteiger partial charge in [-0.2, -0.15) is 0 Å². The number of anilines is 3. The van der Waals surface area contributed by atoms with Gasteiger partial charge in [0.15, 0.2) is 26.5 Å². The van der Waals surface area contributed by atoms with Crippen LogP contribution in [0.1, 0.15) is 37.8 Å². The van der Waals surface area contributed by atoms with Crippen LogP contribution in [-0.4, -0.2) is 66.8 Å². The fraction of sp³-hybridized carbons (Fsp3) is 0.406. The largest absolute Gasteiger partial charge is 0.492 e. The van der Waals surface area contributed by atoms with E-state index in [1.165, 1.54) is 6.07 Å². The first-order valence-corrected chi connectivity index (χ1v) is 15.9. The summed E-state index contributed by atoms with van der Waals surface area (Å²) in [5.74, 6) is 0.0281. The van der Waals surface area contributed by atoms with E-state index in [1.807, 2.05) is 23.2 Å². The number of carbonyl (C=O) groups excluding carboxylic acids is 1. The van der Waals surface area contributed by atoms with Gasteiger partial charge in [-0.1, -0.05) is 32.2 Å². The Morgan fingerprint density at radius 3 is 2.60 bits per heavy atom. The first-order valence-electron chi connectivity index (χ1n) is 14.5. The molecule has 11 heteroatoms. The zero-order valence-corrected chi connectivity index (χ0v) is 25.8. The molecule has 2 atom stereocenters. The summed E-state index contributed by atoms with van der Waals surface area (Å²) in [6.45, 7) is 14.0. The number of hydrogen-bond donors (Lipinski definition) is 4. The number of halogens is 1. The van der Waals surface area contributed by atoms with Crippen molar-refractivity contribution in [1.82, 2.24) is 5.32 Å². The topological polar surface area (TPSA) is 107 Å². The van der Waals surface area contributed by atoms with Crippen LogP contribution in [0.4, 0.5) is 21.5 Å². The number of piperazine rings is 1. The highest BCUT2D eigenvalue weighted by Crippen LogP contribution is 2.52. The normalized spacial score (nSPS) is 19.1. The van der Waals surface area contributed by atoms with Crippen LogP contribution in [0.15, 0.2) is 61.0 Å². The number of ether oxygens (including phenoxy) is 2. The number of nitrogens with one attached hydrogen (secondary N) is 2. The third-order valence-electron chi connectivity index (χ3n) is 8.03. The van der Waals surface area contributed by atoms with E-state index < -0.39 is 8.38 Å². The van der Waals surface area contributed by atoms with E-state index in [9.17, 15) is 14.6 Å². The summed E-state index contributed by atoms with van der Waals surface area (Å²) < 4.78 is 27.5. The minimum atomic E-state index is -1.99. The zero-order valence-electron chi connectivity index (χ0n) is 24.9. The minimum Gasteiger partial charge on any atom is -0.492 e. The van der Waals surface area contributed by atoms with Crippen LogP contribution >= 0.6 is 8.38 Å². The van der Waals surface area contributed by atoms with Crippen molar-refractivity contribution < 1.29 is 28.4 Å². The average molecular weight is 611 g/mol. The minimum absolute atomic E-state index is 0.225. The Balaban J connectivity index is 1.30. The Bertz CT molecular complexity index is 1430. The van der Waals surface area contributed by atoms with Crippen molar-refractivity contribution in [2.45, 2.75) is 50.9 Å². The number of methoxy groups -OCH3 is 1. The first-order chi connectivity index (χ1) is 20.6.